The Morgan fingerprint density at radius 2 is 2.15 bits per heavy atom. The van der Waals surface area contributed by atoms with Crippen LogP contribution in [0.4, 0.5) is 0 Å². The van der Waals surface area contributed by atoms with Gasteiger partial charge in [-0.3, -0.25) is 4.90 Å². The Kier molecular flexibility index (Phi) is 3.83. The Morgan fingerprint density at radius 1 is 1.35 bits per heavy atom. The van der Waals surface area contributed by atoms with Gasteiger partial charge in [-0.25, -0.2) is 0 Å². The summed E-state index contributed by atoms with van der Waals surface area (Å²) in [5, 5.41) is 0. The molecule has 2 heterocycles. The van der Waals surface area contributed by atoms with Crippen LogP contribution in [-0.4, -0.2) is 44.0 Å². The van der Waals surface area contributed by atoms with Gasteiger partial charge in [0.2, 0.25) is 6.79 Å². The first-order valence-corrected chi connectivity index (χ1v) is 7.12. The maximum absolute atomic E-state index is 6.32. The molecule has 1 aromatic rings. The van der Waals surface area contributed by atoms with E-state index in [1.165, 1.54) is 0 Å². The van der Waals surface area contributed by atoms with Gasteiger partial charge in [0.25, 0.3) is 0 Å². The van der Waals surface area contributed by atoms with E-state index in [1.54, 1.807) is 0 Å². The van der Waals surface area contributed by atoms with Crippen LogP contribution in [0.25, 0.3) is 0 Å². The van der Waals surface area contributed by atoms with E-state index in [-0.39, 0.29) is 12.1 Å². The van der Waals surface area contributed by atoms with Gasteiger partial charge in [0.1, 0.15) is 0 Å². The van der Waals surface area contributed by atoms with E-state index in [0.717, 1.165) is 36.6 Å². The second-order valence-electron chi connectivity index (χ2n) is 5.59. The highest BCUT2D eigenvalue weighted by molar-refractivity contribution is 5.45. The Hall–Kier alpha value is -1.30. The molecule has 0 spiro atoms. The maximum Gasteiger partial charge on any atom is 0.231 e. The van der Waals surface area contributed by atoms with E-state index in [1.807, 2.05) is 18.2 Å². The van der Waals surface area contributed by atoms with Crippen LogP contribution in [0.2, 0.25) is 0 Å². The average molecular weight is 278 g/mol. The average Bonchev–Trinajstić information content (AvgIpc) is 3.05. The Balaban J connectivity index is 1.65. The summed E-state index contributed by atoms with van der Waals surface area (Å²) >= 11 is 0. The third kappa shape index (κ3) is 2.61. The van der Waals surface area contributed by atoms with Gasteiger partial charge >= 0.3 is 0 Å². The van der Waals surface area contributed by atoms with Gasteiger partial charge in [0.05, 0.1) is 6.10 Å². The molecule has 3 unspecified atom stereocenters. The van der Waals surface area contributed by atoms with E-state index < -0.39 is 0 Å². The zero-order valence-electron chi connectivity index (χ0n) is 12.0. The minimum Gasteiger partial charge on any atom is -0.454 e. The van der Waals surface area contributed by atoms with Gasteiger partial charge in [-0.1, -0.05) is 6.07 Å². The first kappa shape index (κ1) is 13.7. The van der Waals surface area contributed by atoms with Crippen molar-refractivity contribution in [2.24, 2.45) is 5.73 Å². The van der Waals surface area contributed by atoms with Crippen LogP contribution in [0.3, 0.4) is 0 Å². The predicted molar refractivity (Wildman–Crippen MR) is 75.9 cm³/mol. The molecule has 110 valence electrons. The van der Waals surface area contributed by atoms with Crippen molar-refractivity contribution in [2.45, 2.75) is 31.5 Å². The van der Waals surface area contributed by atoms with E-state index in [2.05, 4.69) is 18.9 Å². The Bertz CT molecular complexity index is 480. The highest BCUT2D eigenvalue weighted by Crippen LogP contribution is 2.34. The van der Waals surface area contributed by atoms with E-state index in [9.17, 15) is 0 Å². The standard InChI is InChI=1S/C15H22N2O3/c1-10-13(5-6-18-10)17(2)8-12(16)11-3-4-14-15(7-11)20-9-19-14/h3-4,7,10,12-13H,5-6,8-9,16H2,1-2H3. The van der Waals surface area contributed by atoms with Gasteiger partial charge in [-0.05, 0) is 38.1 Å². The molecule has 20 heavy (non-hydrogen) atoms. The topological polar surface area (TPSA) is 57.0 Å². The number of rotatable bonds is 4. The largest absolute Gasteiger partial charge is 0.454 e. The summed E-state index contributed by atoms with van der Waals surface area (Å²) in [6.45, 7) is 4.07. The number of ether oxygens (including phenoxy) is 3. The minimum atomic E-state index is -0.0395. The number of hydrogen-bond donors (Lipinski definition) is 1. The van der Waals surface area contributed by atoms with Crippen LogP contribution in [0.1, 0.15) is 24.9 Å². The summed E-state index contributed by atoms with van der Waals surface area (Å²) in [5.74, 6) is 1.59. The van der Waals surface area contributed by atoms with Crippen LogP contribution in [0, 0.1) is 0 Å². The molecule has 0 amide bonds. The van der Waals surface area contributed by atoms with Crippen molar-refractivity contribution < 1.29 is 14.2 Å². The fourth-order valence-corrected chi connectivity index (χ4v) is 2.99. The van der Waals surface area contributed by atoms with Gasteiger partial charge in [0, 0.05) is 25.2 Å². The van der Waals surface area contributed by atoms with Crippen LogP contribution in [0.15, 0.2) is 18.2 Å². The van der Waals surface area contributed by atoms with E-state index >= 15 is 0 Å². The highest BCUT2D eigenvalue weighted by atomic mass is 16.7. The number of nitrogens with zero attached hydrogens (tertiary/aromatic N) is 1. The molecule has 0 aromatic heterocycles. The smallest absolute Gasteiger partial charge is 0.231 e. The number of likely N-dealkylation sites (N-methyl/N-ethyl adjacent to an activating group) is 1. The van der Waals surface area contributed by atoms with Crippen molar-refractivity contribution in [3.8, 4) is 11.5 Å². The number of fused-ring (bicyclic) bond motifs is 1. The molecule has 0 saturated carbocycles. The lowest BCUT2D eigenvalue weighted by molar-refractivity contribution is 0.0818. The van der Waals surface area contributed by atoms with Crippen molar-refractivity contribution in [3.63, 3.8) is 0 Å². The van der Waals surface area contributed by atoms with Crippen LogP contribution < -0.4 is 15.2 Å². The molecule has 1 aromatic carbocycles. The van der Waals surface area contributed by atoms with Crippen molar-refractivity contribution in [3.05, 3.63) is 23.8 Å². The highest BCUT2D eigenvalue weighted by Gasteiger charge is 2.29. The molecule has 3 atom stereocenters. The summed E-state index contributed by atoms with van der Waals surface area (Å²) < 4.78 is 16.3. The minimum absolute atomic E-state index is 0.0395. The van der Waals surface area contributed by atoms with Crippen LogP contribution in [0.5, 0.6) is 11.5 Å². The van der Waals surface area contributed by atoms with Crippen LogP contribution in [-0.2, 0) is 4.74 Å². The molecule has 1 saturated heterocycles. The summed E-state index contributed by atoms with van der Waals surface area (Å²) in [6, 6.07) is 6.34. The lowest BCUT2D eigenvalue weighted by Crippen LogP contribution is -2.40. The normalized spacial score (nSPS) is 26.2. The zero-order valence-corrected chi connectivity index (χ0v) is 12.0. The van der Waals surface area contributed by atoms with Crippen molar-refractivity contribution in [1.29, 1.82) is 0 Å². The van der Waals surface area contributed by atoms with Gasteiger partial charge in [-0.15, -0.1) is 0 Å². The molecule has 2 aliphatic rings. The lowest BCUT2D eigenvalue weighted by Gasteiger charge is -2.29. The molecule has 2 aliphatic heterocycles. The number of benzene rings is 1. The van der Waals surface area contributed by atoms with Gasteiger partial charge < -0.3 is 19.9 Å². The molecule has 0 aliphatic carbocycles. The fourth-order valence-electron chi connectivity index (χ4n) is 2.99. The molecular weight excluding hydrogens is 256 g/mol. The van der Waals surface area contributed by atoms with E-state index in [4.69, 9.17) is 19.9 Å². The molecule has 3 rings (SSSR count). The molecular formula is C15H22N2O3. The second-order valence-corrected chi connectivity index (χ2v) is 5.59. The molecule has 2 N–H and O–H groups in total. The molecule has 5 heteroatoms. The maximum atomic E-state index is 6.32. The Morgan fingerprint density at radius 3 is 2.90 bits per heavy atom. The predicted octanol–water partition coefficient (Wildman–Crippen LogP) is 1.52. The summed E-state index contributed by atoms with van der Waals surface area (Å²) in [6.07, 6.45) is 1.36. The quantitative estimate of drug-likeness (QED) is 0.905. The molecule has 1 fully saturated rings. The van der Waals surface area contributed by atoms with E-state index in [0.29, 0.717) is 12.8 Å². The van der Waals surface area contributed by atoms with Gasteiger partial charge in [0.15, 0.2) is 11.5 Å². The molecule has 0 bridgehead atoms. The first-order valence-electron chi connectivity index (χ1n) is 7.12. The third-order valence-electron chi connectivity index (χ3n) is 4.21. The molecule has 5 nitrogen and oxygen atoms in total. The SMILES string of the molecule is CC1OCCC1N(C)CC(N)c1ccc2c(c1)OCO2. The number of nitrogens with two attached hydrogens (primary N) is 1. The second kappa shape index (κ2) is 5.60. The number of hydrogen-bond acceptors (Lipinski definition) is 5. The molecule has 0 radical (unpaired) electrons. The summed E-state index contributed by atoms with van der Waals surface area (Å²) in [7, 11) is 2.11. The first-order chi connectivity index (χ1) is 9.65. The van der Waals surface area contributed by atoms with Crippen LogP contribution >= 0.6 is 0 Å². The van der Waals surface area contributed by atoms with Crippen molar-refractivity contribution in [2.75, 3.05) is 27.0 Å². The Labute approximate surface area is 119 Å². The van der Waals surface area contributed by atoms with Crippen molar-refractivity contribution in [1.82, 2.24) is 4.90 Å². The monoisotopic (exact) mass is 278 g/mol. The zero-order chi connectivity index (χ0) is 14.1. The van der Waals surface area contributed by atoms with Gasteiger partial charge in [-0.2, -0.15) is 0 Å². The lowest BCUT2D eigenvalue weighted by atomic mass is 10.0. The van der Waals surface area contributed by atoms with Crippen molar-refractivity contribution >= 4 is 0 Å². The fraction of sp³-hybridized carbons (Fsp3) is 0.600. The summed E-state index contributed by atoms with van der Waals surface area (Å²) in [4.78, 5) is 2.30. The summed E-state index contributed by atoms with van der Waals surface area (Å²) in [5.41, 5.74) is 7.40. The third-order valence-corrected chi connectivity index (χ3v) is 4.21.